The maximum Gasteiger partial charge on any atom is 0.354 e. The molecule has 0 unspecified atom stereocenters. The molecule has 0 aliphatic heterocycles. The topological polar surface area (TPSA) is 95.3 Å². The van der Waals surface area contributed by atoms with Crippen molar-refractivity contribution in [3.8, 4) is 5.75 Å². The van der Waals surface area contributed by atoms with Crippen LogP contribution in [0.2, 0.25) is 0 Å². The Morgan fingerprint density at radius 3 is 2.82 bits per heavy atom. The third-order valence-corrected chi connectivity index (χ3v) is 1.98. The van der Waals surface area contributed by atoms with Gasteiger partial charge in [0.2, 0.25) is 5.95 Å². The minimum atomic E-state index is -1.12. The van der Waals surface area contributed by atoms with Gasteiger partial charge in [-0.15, -0.1) is 0 Å². The third-order valence-electron chi connectivity index (χ3n) is 1.98. The number of rotatable bonds is 3. The van der Waals surface area contributed by atoms with Crippen molar-refractivity contribution >= 4 is 17.6 Å². The van der Waals surface area contributed by atoms with E-state index in [2.05, 4.69) is 15.3 Å². The standard InChI is InChI=1S/C11H9N3O3/c15-8-3-1-2-7(6-8)13-11-12-5-4-9(14-11)10(16)17/h1-6,15H,(H,16,17)(H,12,13,14). The van der Waals surface area contributed by atoms with E-state index in [9.17, 15) is 9.90 Å². The van der Waals surface area contributed by atoms with Crippen LogP contribution in [0.1, 0.15) is 10.5 Å². The SMILES string of the molecule is O=C(O)c1ccnc(Nc2cccc(O)c2)n1. The van der Waals surface area contributed by atoms with Crippen LogP contribution in [-0.2, 0) is 0 Å². The fraction of sp³-hybridized carbons (Fsp3) is 0. The first-order valence-electron chi connectivity index (χ1n) is 4.77. The van der Waals surface area contributed by atoms with Crippen molar-refractivity contribution in [2.75, 3.05) is 5.32 Å². The lowest BCUT2D eigenvalue weighted by Crippen LogP contribution is -2.04. The van der Waals surface area contributed by atoms with Crippen molar-refractivity contribution in [1.82, 2.24) is 9.97 Å². The van der Waals surface area contributed by atoms with Crippen molar-refractivity contribution in [3.63, 3.8) is 0 Å². The quantitative estimate of drug-likeness (QED) is 0.743. The van der Waals surface area contributed by atoms with E-state index >= 15 is 0 Å². The van der Waals surface area contributed by atoms with Crippen LogP contribution in [0.3, 0.4) is 0 Å². The molecular weight excluding hydrogens is 222 g/mol. The third kappa shape index (κ3) is 2.69. The molecule has 17 heavy (non-hydrogen) atoms. The van der Waals surface area contributed by atoms with Gasteiger partial charge in [-0.25, -0.2) is 14.8 Å². The first-order chi connectivity index (χ1) is 8.15. The first kappa shape index (κ1) is 10.9. The second kappa shape index (κ2) is 4.48. The van der Waals surface area contributed by atoms with Crippen LogP contribution >= 0.6 is 0 Å². The average molecular weight is 231 g/mol. The van der Waals surface area contributed by atoms with Crippen molar-refractivity contribution < 1.29 is 15.0 Å². The lowest BCUT2D eigenvalue weighted by molar-refractivity contribution is 0.0690. The van der Waals surface area contributed by atoms with E-state index in [-0.39, 0.29) is 17.4 Å². The molecule has 3 N–H and O–H groups in total. The summed E-state index contributed by atoms with van der Waals surface area (Å²) >= 11 is 0. The predicted octanol–water partition coefficient (Wildman–Crippen LogP) is 1.62. The van der Waals surface area contributed by atoms with Crippen LogP contribution in [-0.4, -0.2) is 26.2 Å². The summed E-state index contributed by atoms with van der Waals surface area (Å²) in [6, 6.07) is 7.67. The number of benzene rings is 1. The van der Waals surface area contributed by atoms with E-state index in [4.69, 9.17) is 5.11 Å². The molecule has 1 aromatic heterocycles. The second-order valence-electron chi connectivity index (χ2n) is 3.25. The summed E-state index contributed by atoms with van der Waals surface area (Å²) in [4.78, 5) is 18.4. The number of hydrogen-bond donors (Lipinski definition) is 3. The highest BCUT2D eigenvalue weighted by atomic mass is 16.4. The van der Waals surface area contributed by atoms with Gasteiger partial charge in [0.15, 0.2) is 5.69 Å². The molecule has 0 aliphatic carbocycles. The Morgan fingerprint density at radius 2 is 2.12 bits per heavy atom. The van der Waals surface area contributed by atoms with Gasteiger partial charge in [0.05, 0.1) is 0 Å². The highest BCUT2D eigenvalue weighted by molar-refractivity contribution is 5.85. The Labute approximate surface area is 96.6 Å². The summed E-state index contributed by atoms with van der Waals surface area (Å²) in [5, 5.41) is 20.8. The molecule has 0 amide bonds. The molecular formula is C11H9N3O3. The van der Waals surface area contributed by atoms with Crippen molar-refractivity contribution in [3.05, 3.63) is 42.2 Å². The second-order valence-corrected chi connectivity index (χ2v) is 3.25. The smallest absolute Gasteiger partial charge is 0.354 e. The number of phenolic OH excluding ortho intramolecular Hbond substituents is 1. The summed E-state index contributed by atoms with van der Waals surface area (Å²) in [7, 11) is 0. The van der Waals surface area contributed by atoms with Gasteiger partial charge in [-0.1, -0.05) is 6.07 Å². The number of nitrogens with zero attached hydrogens (tertiary/aromatic N) is 2. The number of aromatic carboxylic acids is 1. The number of phenols is 1. The van der Waals surface area contributed by atoms with E-state index in [0.717, 1.165) is 0 Å². The summed E-state index contributed by atoms with van der Waals surface area (Å²) in [5.74, 6) is -0.855. The number of nitrogens with one attached hydrogen (secondary N) is 1. The molecule has 0 bridgehead atoms. The van der Waals surface area contributed by atoms with Crippen LogP contribution in [0.25, 0.3) is 0 Å². The number of carboxylic acids is 1. The minimum absolute atomic E-state index is 0.0948. The van der Waals surface area contributed by atoms with Crippen molar-refractivity contribution in [2.45, 2.75) is 0 Å². The van der Waals surface area contributed by atoms with Crippen LogP contribution in [0.4, 0.5) is 11.6 Å². The number of aromatic hydroxyl groups is 1. The van der Waals surface area contributed by atoms with Crippen molar-refractivity contribution in [2.24, 2.45) is 0 Å². The highest BCUT2D eigenvalue weighted by Crippen LogP contribution is 2.18. The van der Waals surface area contributed by atoms with E-state index in [1.807, 2.05) is 0 Å². The Kier molecular flexibility index (Phi) is 2.87. The zero-order valence-electron chi connectivity index (χ0n) is 8.66. The predicted molar refractivity (Wildman–Crippen MR) is 60.4 cm³/mol. The number of hydrogen-bond acceptors (Lipinski definition) is 5. The number of anilines is 2. The molecule has 2 rings (SSSR count). The Hall–Kier alpha value is -2.63. The van der Waals surface area contributed by atoms with E-state index in [1.54, 1.807) is 12.1 Å². The molecule has 6 nitrogen and oxygen atoms in total. The van der Waals surface area contributed by atoms with Crippen LogP contribution in [0, 0.1) is 0 Å². The summed E-state index contributed by atoms with van der Waals surface area (Å²) in [5.41, 5.74) is 0.482. The molecule has 0 aliphatic rings. The molecule has 86 valence electrons. The lowest BCUT2D eigenvalue weighted by atomic mass is 10.3. The normalized spacial score (nSPS) is 9.88. The largest absolute Gasteiger partial charge is 0.508 e. The van der Waals surface area contributed by atoms with E-state index in [0.29, 0.717) is 5.69 Å². The maximum absolute atomic E-state index is 10.7. The summed E-state index contributed by atoms with van der Waals surface area (Å²) in [6.45, 7) is 0. The van der Waals surface area contributed by atoms with Crippen LogP contribution in [0.5, 0.6) is 5.75 Å². The van der Waals surface area contributed by atoms with Gasteiger partial charge < -0.3 is 15.5 Å². The van der Waals surface area contributed by atoms with Gasteiger partial charge in [-0.05, 0) is 18.2 Å². The molecule has 0 atom stereocenters. The lowest BCUT2D eigenvalue weighted by Gasteiger charge is -2.05. The van der Waals surface area contributed by atoms with Crippen LogP contribution in [0.15, 0.2) is 36.5 Å². The molecule has 6 heteroatoms. The van der Waals surface area contributed by atoms with Gasteiger partial charge in [-0.3, -0.25) is 0 Å². The molecule has 0 fully saturated rings. The average Bonchev–Trinajstić information content (AvgIpc) is 2.29. The number of aromatic nitrogens is 2. The number of carboxylic acid groups (broad SMARTS) is 1. The summed E-state index contributed by atoms with van der Waals surface area (Å²) < 4.78 is 0. The first-order valence-corrected chi connectivity index (χ1v) is 4.77. The zero-order chi connectivity index (χ0) is 12.3. The fourth-order valence-corrected chi connectivity index (χ4v) is 1.25. The zero-order valence-corrected chi connectivity index (χ0v) is 8.66. The monoisotopic (exact) mass is 231 g/mol. The number of carbonyl (C=O) groups is 1. The van der Waals surface area contributed by atoms with Gasteiger partial charge in [-0.2, -0.15) is 0 Å². The summed E-state index contributed by atoms with van der Waals surface area (Å²) in [6.07, 6.45) is 1.35. The van der Waals surface area contributed by atoms with Gasteiger partial charge >= 0.3 is 5.97 Å². The maximum atomic E-state index is 10.7. The van der Waals surface area contributed by atoms with Gasteiger partial charge in [0, 0.05) is 18.0 Å². The molecule has 0 radical (unpaired) electrons. The Morgan fingerprint density at radius 1 is 1.29 bits per heavy atom. The van der Waals surface area contributed by atoms with Gasteiger partial charge in [0.25, 0.3) is 0 Å². The van der Waals surface area contributed by atoms with Crippen molar-refractivity contribution in [1.29, 1.82) is 0 Å². The Balaban J connectivity index is 2.24. The minimum Gasteiger partial charge on any atom is -0.508 e. The molecule has 1 aromatic carbocycles. The van der Waals surface area contributed by atoms with Crippen LogP contribution < -0.4 is 5.32 Å². The van der Waals surface area contributed by atoms with E-state index < -0.39 is 5.97 Å². The fourth-order valence-electron chi connectivity index (χ4n) is 1.25. The molecule has 0 saturated heterocycles. The molecule has 0 spiro atoms. The van der Waals surface area contributed by atoms with Gasteiger partial charge in [0.1, 0.15) is 5.75 Å². The van der Waals surface area contributed by atoms with E-state index in [1.165, 1.54) is 24.4 Å². The highest BCUT2D eigenvalue weighted by Gasteiger charge is 2.06. The molecule has 2 aromatic rings. The molecule has 0 saturated carbocycles. The Bertz CT molecular complexity index is 557. The molecule has 1 heterocycles.